The first-order valence-electron chi connectivity index (χ1n) is 5.93. The van der Waals surface area contributed by atoms with Crippen LogP contribution in [0.25, 0.3) is 0 Å². The second kappa shape index (κ2) is 8.11. The van der Waals surface area contributed by atoms with Crippen LogP contribution < -0.4 is 10.6 Å². The third kappa shape index (κ3) is 6.02. The van der Waals surface area contributed by atoms with Gasteiger partial charge in [0.05, 0.1) is 0 Å². The van der Waals surface area contributed by atoms with E-state index in [9.17, 15) is 9.59 Å². The molecule has 5 nitrogen and oxygen atoms in total. The van der Waals surface area contributed by atoms with E-state index in [-0.39, 0.29) is 24.8 Å². The van der Waals surface area contributed by atoms with Gasteiger partial charge in [0.1, 0.15) is 6.04 Å². The van der Waals surface area contributed by atoms with E-state index in [2.05, 4.69) is 33.2 Å². The van der Waals surface area contributed by atoms with Crippen LogP contribution in [0, 0.1) is 3.57 Å². The summed E-state index contributed by atoms with van der Waals surface area (Å²) in [5.74, 6) is -0.578. The fraction of sp³-hybridized carbons (Fsp3) is 0.385. The molecule has 1 atom stereocenters. The van der Waals surface area contributed by atoms with E-state index < -0.39 is 6.04 Å². The molecule has 6 heteroatoms. The van der Waals surface area contributed by atoms with Crippen LogP contribution in [0.2, 0.25) is 0 Å². The number of carbonyl (C=O) groups excluding carboxylic acids is 2. The van der Waals surface area contributed by atoms with Crippen molar-refractivity contribution in [3.8, 4) is 0 Å². The number of rotatable bonds is 6. The lowest BCUT2D eigenvalue weighted by molar-refractivity contribution is -0.128. The summed E-state index contributed by atoms with van der Waals surface area (Å²) < 4.78 is 1.13. The molecule has 0 saturated carbocycles. The molecule has 1 aromatic carbocycles. The van der Waals surface area contributed by atoms with Gasteiger partial charge < -0.3 is 15.7 Å². The molecule has 0 aliphatic carbocycles. The lowest BCUT2D eigenvalue weighted by Gasteiger charge is -2.16. The van der Waals surface area contributed by atoms with Gasteiger partial charge in [-0.2, -0.15) is 0 Å². The first-order valence-corrected chi connectivity index (χ1v) is 7.01. The first-order chi connectivity index (χ1) is 9.02. The Balaban J connectivity index is 2.51. The highest BCUT2D eigenvalue weighted by Gasteiger charge is 2.18. The molecule has 1 rings (SSSR count). The van der Waals surface area contributed by atoms with Crippen molar-refractivity contribution in [3.05, 3.63) is 33.4 Å². The fourth-order valence-corrected chi connectivity index (χ4v) is 1.92. The SMILES string of the molecule is CC(=O)NC(CCO)C(=O)NCc1ccc(I)cc1. The van der Waals surface area contributed by atoms with Crippen LogP contribution in [0.1, 0.15) is 18.9 Å². The third-order valence-corrected chi connectivity index (χ3v) is 3.21. The number of benzene rings is 1. The van der Waals surface area contributed by atoms with Gasteiger partial charge in [0.2, 0.25) is 11.8 Å². The van der Waals surface area contributed by atoms with Crippen molar-refractivity contribution in [3.63, 3.8) is 0 Å². The van der Waals surface area contributed by atoms with Crippen LogP contribution in [0.15, 0.2) is 24.3 Å². The summed E-state index contributed by atoms with van der Waals surface area (Å²) >= 11 is 2.21. The fourth-order valence-electron chi connectivity index (χ4n) is 1.56. The molecular weight excluding hydrogens is 359 g/mol. The van der Waals surface area contributed by atoms with Gasteiger partial charge in [-0.25, -0.2) is 0 Å². The Labute approximate surface area is 125 Å². The molecule has 0 bridgehead atoms. The number of hydrogen-bond acceptors (Lipinski definition) is 3. The second-order valence-corrected chi connectivity index (χ2v) is 5.36. The Morgan fingerprint density at radius 1 is 1.32 bits per heavy atom. The van der Waals surface area contributed by atoms with E-state index in [1.165, 1.54) is 6.92 Å². The molecule has 1 unspecified atom stereocenters. The lowest BCUT2D eigenvalue weighted by atomic mass is 10.2. The normalized spacial score (nSPS) is 11.7. The zero-order chi connectivity index (χ0) is 14.3. The Hall–Kier alpha value is -1.15. The van der Waals surface area contributed by atoms with Crippen LogP contribution in [-0.4, -0.2) is 29.6 Å². The van der Waals surface area contributed by atoms with Gasteiger partial charge in [-0.15, -0.1) is 0 Å². The maximum absolute atomic E-state index is 11.9. The standard InChI is InChI=1S/C13H17IN2O3/c1-9(18)16-12(6-7-17)13(19)15-8-10-2-4-11(14)5-3-10/h2-5,12,17H,6-8H2,1H3,(H,15,19)(H,16,18). The van der Waals surface area contributed by atoms with Crippen molar-refractivity contribution < 1.29 is 14.7 Å². The highest BCUT2D eigenvalue weighted by molar-refractivity contribution is 14.1. The number of aliphatic hydroxyl groups is 1. The Kier molecular flexibility index (Phi) is 6.79. The number of aliphatic hydroxyl groups excluding tert-OH is 1. The van der Waals surface area contributed by atoms with Crippen LogP contribution in [0.5, 0.6) is 0 Å². The van der Waals surface area contributed by atoms with Gasteiger partial charge in [-0.1, -0.05) is 12.1 Å². The summed E-state index contributed by atoms with van der Waals surface area (Å²) in [6.07, 6.45) is 0.206. The maximum Gasteiger partial charge on any atom is 0.242 e. The second-order valence-electron chi connectivity index (χ2n) is 4.11. The lowest BCUT2D eigenvalue weighted by Crippen LogP contribution is -2.46. The van der Waals surface area contributed by atoms with E-state index in [1.807, 2.05) is 24.3 Å². The first kappa shape index (κ1) is 15.9. The Bertz CT molecular complexity index is 434. The van der Waals surface area contributed by atoms with E-state index in [1.54, 1.807) is 0 Å². The van der Waals surface area contributed by atoms with Gasteiger partial charge in [-0.05, 0) is 46.7 Å². The van der Waals surface area contributed by atoms with Crippen molar-refractivity contribution in [1.29, 1.82) is 0 Å². The van der Waals surface area contributed by atoms with E-state index >= 15 is 0 Å². The number of hydrogen-bond donors (Lipinski definition) is 3. The average molecular weight is 376 g/mol. The molecular formula is C13H17IN2O3. The van der Waals surface area contributed by atoms with Crippen molar-refractivity contribution in [2.75, 3.05) is 6.61 Å². The maximum atomic E-state index is 11.9. The van der Waals surface area contributed by atoms with Crippen molar-refractivity contribution in [2.45, 2.75) is 25.9 Å². The smallest absolute Gasteiger partial charge is 0.242 e. The van der Waals surface area contributed by atoms with Crippen molar-refractivity contribution >= 4 is 34.4 Å². The molecule has 0 aliphatic heterocycles. The average Bonchev–Trinajstić information content (AvgIpc) is 2.37. The highest BCUT2D eigenvalue weighted by Crippen LogP contribution is 2.06. The number of nitrogens with one attached hydrogen (secondary N) is 2. The highest BCUT2D eigenvalue weighted by atomic mass is 127. The number of amides is 2. The molecule has 0 fully saturated rings. The monoisotopic (exact) mass is 376 g/mol. The Morgan fingerprint density at radius 2 is 1.95 bits per heavy atom. The van der Waals surface area contributed by atoms with Crippen LogP contribution in [0.3, 0.4) is 0 Å². The van der Waals surface area contributed by atoms with Gasteiger partial charge >= 0.3 is 0 Å². The van der Waals surface area contributed by atoms with E-state index in [0.29, 0.717) is 6.54 Å². The summed E-state index contributed by atoms with van der Waals surface area (Å²) in [6.45, 7) is 1.59. The molecule has 19 heavy (non-hydrogen) atoms. The summed E-state index contributed by atoms with van der Waals surface area (Å²) in [6, 6.07) is 7.09. The predicted molar refractivity (Wildman–Crippen MR) is 80.3 cm³/mol. The number of carbonyl (C=O) groups is 2. The minimum absolute atomic E-state index is 0.151. The van der Waals surface area contributed by atoms with Crippen LogP contribution >= 0.6 is 22.6 Å². The van der Waals surface area contributed by atoms with E-state index in [4.69, 9.17) is 5.11 Å². The summed E-state index contributed by atoms with van der Waals surface area (Å²) in [5.41, 5.74) is 0.985. The topological polar surface area (TPSA) is 78.4 Å². The molecule has 0 aromatic heterocycles. The predicted octanol–water partition coefficient (Wildman–Crippen LogP) is 0.795. The minimum atomic E-state index is -0.689. The Morgan fingerprint density at radius 3 is 2.47 bits per heavy atom. The summed E-state index contributed by atoms with van der Waals surface area (Å²) in [4.78, 5) is 22.8. The molecule has 0 saturated heterocycles. The summed E-state index contributed by atoms with van der Waals surface area (Å²) in [7, 11) is 0. The molecule has 3 N–H and O–H groups in total. The zero-order valence-electron chi connectivity index (χ0n) is 10.6. The van der Waals surface area contributed by atoms with Crippen molar-refractivity contribution in [2.24, 2.45) is 0 Å². The minimum Gasteiger partial charge on any atom is -0.396 e. The molecule has 0 radical (unpaired) electrons. The van der Waals surface area contributed by atoms with Crippen LogP contribution in [0.4, 0.5) is 0 Å². The molecule has 0 heterocycles. The summed E-state index contributed by atoms with van der Waals surface area (Å²) in [5, 5.41) is 14.1. The number of halogens is 1. The van der Waals surface area contributed by atoms with Gasteiger partial charge in [0.15, 0.2) is 0 Å². The van der Waals surface area contributed by atoms with Gasteiger partial charge in [-0.3, -0.25) is 9.59 Å². The van der Waals surface area contributed by atoms with Gasteiger partial charge in [0.25, 0.3) is 0 Å². The molecule has 0 aliphatic rings. The molecule has 1 aromatic rings. The van der Waals surface area contributed by atoms with Crippen LogP contribution in [-0.2, 0) is 16.1 Å². The molecule has 2 amide bonds. The van der Waals surface area contributed by atoms with Gasteiger partial charge in [0, 0.05) is 23.6 Å². The quantitative estimate of drug-likeness (QED) is 0.643. The third-order valence-electron chi connectivity index (χ3n) is 2.49. The largest absolute Gasteiger partial charge is 0.396 e. The molecule has 0 spiro atoms. The van der Waals surface area contributed by atoms with Crippen molar-refractivity contribution in [1.82, 2.24) is 10.6 Å². The molecule has 104 valence electrons. The zero-order valence-corrected chi connectivity index (χ0v) is 12.8. The van der Waals surface area contributed by atoms with E-state index in [0.717, 1.165) is 9.13 Å².